The molecular weight excluding hydrogens is 326 g/mol. The highest BCUT2D eigenvalue weighted by Crippen LogP contribution is 2.53. The van der Waals surface area contributed by atoms with E-state index in [4.69, 9.17) is 4.74 Å². The van der Waals surface area contributed by atoms with E-state index >= 15 is 0 Å². The smallest absolute Gasteiger partial charge is 0.316 e. The van der Waals surface area contributed by atoms with Crippen LogP contribution in [0.15, 0.2) is 34.1 Å². The summed E-state index contributed by atoms with van der Waals surface area (Å²) in [6.45, 7) is 0. The summed E-state index contributed by atoms with van der Waals surface area (Å²) in [7, 11) is 0. The maximum absolute atomic E-state index is 12.3. The van der Waals surface area contributed by atoms with Crippen molar-refractivity contribution in [3.63, 3.8) is 0 Å². The van der Waals surface area contributed by atoms with Gasteiger partial charge in [0.1, 0.15) is 5.75 Å². The number of fused-ring (bicyclic) bond motifs is 5. The normalized spacial score (nSPS) is 25.6. The van der Waals surface area contributed by atoms with E-state index in [1.807, 2.05) is 0 Å². The summed E-state index contributed by atoms with van der Waals surface area (Å²) in [5.74, 6) is -2.93. The van der Waals surface area contributed by atoms with Crippen LogP contribution in [0, 0.1) is 5.92 Å². The number of H-pyrrole nitrogens is 1. The molecule has 0 bridgehead atoms. The molecule has 2 aliphatic rings. The van der Waals surface area contributed by atoms with Gasteiger partial charge in [-0.2, -0.15) is 0 Å². The fourth-order valence-electron chi connectivity index (χ4n) is 2.95. The van der Waals surface area contributed by atoms with Gasteiger partial charge in [-0.25, -0.2) is 0 Å². The number of aromatic amines is 1. The molecule has 0 fully saturated rings. The molecule has 8 heteroatoms. The Morgan fingerprint density at radius 1 is 1.27 bits per heavy atom. The Balaban J connectivity index is 1.99. The number of nitrogens with one attached hydrogen (secondary N) is 1. The number of thiazole rings is 1. The van der Waals surface area contributed by atoms with E-state index in [0.717, 1.165) is 28.7 Å². The van der Waals surface area contributed by atoms with E-state index in [1.54, 1.807) is 24.3 Å². The van der Waals surface area contributed by atoms with Crippen LogP contribution < -0.4 is 14.7 Å². The van der Waals surface area contributed by atoms with Gasteiger partial charge in [-0.3, -0.25) is 9.59 Å². The summed E-state index contributed by atoms with van der Waals surface area (Å²) < 4.78 is 5.28. The minimum absolute atomic E-state index is 0.272. The van der Waals surface area contributed by atoms with Crippen LogP contribution in [0.5, 0.6) is 5.75 Å². The van der Waals surface area contributed by atoms with Crippen molar-refractivity contribution in [2.45, 2.75) is 16.2 Å². The van der Waals surface area contributed by atoms with E-state index in [9.17, 15) is 19.5 Å². The predicted octanol–water partition coefficient (Wildman–Crippen LogP) is 0.328. The average molecular weight is 334 g/mol. The van der Waals surface area contributed by atoms with Crippen LogP contribution >= 0.6 is 23.1 Å². The number of hydrogen-bond donors (Lipinski definition) is 1. The Bertz CT molecular complexity index is 855. The maximum atomic E-state index is 12.3. The van der Waals surface area contributed by atoms with Gasteiger partial charge in [-0.05, 0) is 6.07 Å². The van der Waals surface area contributed by atoms with E-state index < -0.39 is 29.0 Å². The van der Waals surface area contributed by atoms with Gasteiger partial charge in [-0.1, -0.05) is 41.3 Å². The van der Waals surface area contributed by atoms with E-state index in [0.29, 0.717) is 15.7 Å². The van der Waals surface area contributed by atoms with Crippen molar-refractivity contribution in [2.24, 2.45) is 5.92 Å². The number of rotatable bonds is 1. The van der Waals surface area contributed by atoms with Crippen molar-refractivity contribution >= 4 is 35.0 Å². The zero-order valence-corrected chi connectivity index (χ0v) is 12.5. The minimum Gasteiger partial charge on any atom is -0.549 e. The zero-order valence-electron chi connectivity index (χ0n) is 10.9. The lowest BCUT2D eigenvalue weighted by atomic mass is 9.80. The van der Waals surface area contributed by atoms with Crippen molar-refractivity contribution < 1.29 is 19.4 Å². The van der Waals surface area contributed by atoms with Gasteiger partial charge < -0.3 is 19.6 Å². The minimum atomic E-state index is -1.34. The monoisotopic (exact) mass is 334 g/mol. The number of carbonyl (C=O) groups is 2. The molecule has 0 spiro atoms. The highest BCUT2D eigenvalue weighted by atomic mass is 32.2. The van der Waals surface area contributed by atoms with Crippen LogP contribution in [0.1, 0.15) is 16.4 Å². The summed E-state index contributed by atoms with van der Waals surface area (Å²) in [6.07, 6.45) is 0. The van der Waals surface area contributed by atoms with E-state index in [2.05, 4.69) is 4.98 Å². The summed E-state index contributed by atoms with van der Waals surface area (Å²) in [5.41, 5.74) is 0.718. The molecule has 0 saturated heterocycles. The highest BCUT2D eigenvalue weighted by Gasteiger charge is 2.49. The molecule has 1 aromatic carbocycles. The van der Waals surface area contributed by atoms with Crippen LogP contribution in [0.4, 0.5) is 0 Å². The topological polar surface area (TPSA) is 99.3 Å². The van der Waals surface area contributed by atoms with Gasteiger partial charge in [0.15, 0.2) is 0 Å². The first-order chi connectivity index (χ1) is 10.6. The molecule has 1 aromatic heterocycles. The molecule has 0 aliphatic carbocycles. The van der Waals surface area contributed by atoms with Gasteiger partial charge in [0, 0.05) is 16.4 Å². The Hall–Kier alpha value is -2.06. The summed E-state index contributed by atoms with van der Waals surface area (Å²) in [4.78, 5) is 38.5. The lowest BCUT2D eigenvalue weighted by molar-refractivity contribution is -0.306. The quantitative estimate of drug-likeness (QED) is 0.596. The Labute approximate surface area is 132 Å². The zero-order chi connectivity index (χ0) is 15.4. The van der Waals surface area contributed by atoms with E-state index in [-0.39, 0.29) is 4.87 Å². The average Bonchev–Trinajstić information content (AvgIpc) is 2.86. The van der Waals surface area contributed by atoms with Gasteiger partial charge >= 0.3 is 10.8 Å². The van der Waals surface area contributed by atoms with Gasteiger partial charge in [0.05, 0.1) is 22.2 Å². The van der Waals surface area contributed by atoms with Crippen LogP contribution in [0.25, 0.3) is 0 Å². The number of benzene rings is 1. The number of carbonyl (C=O) groups excluding carboxylic acids is 2. The Morgan fingerprint density at radius 3 is 2.82 bits per heavy atom. The molecule has 3 atom stereocenters. The van der Waals surface area contributed by atoms with Crippen LogP contribution in [0.3, 0.4) is 0 Å². The van der Waals surface area contributed by atoms with E-state index in [1.165, 1.54) is 0 Å². The van der Waals surface area contributed by atoms with Crippen molar-refractivity contribution in [3.8, 4) is 5.75 Å². The molecule has 6 nitrogen and oxygen atoms in total. The van der Waals surface area contributed by atoms with Crippen molar-refractivity contribution in [2.75, 3.05) is 0 Å². The number of para-hydroxylation sites is 1. The molecule has 22 heavy (non-hydrogen) atoms. The molecule has 0 radical (unpaired) electrons. The number of aromatic nitrogens is 1. The number of carboxylic acid groups (broad SMARTS) is 1. The maximum Gasteiger partial charge on any atom is 0.316 e. The standard InChI is InChI=1S/C14H9NO5S2/c16-12(17)10-8-7(9-11(21-10)15-14(19)22-9)5-3-1-2-4-6(5)20-13(8)18/h1-4,7-8,10H,(H,15,19)(H,16,17)/p-1/t7-,8-,10-/m1/s1. The molecule has 112 valence electrons. The third-order valence-electron chi connectivity index (χ3n) is 3.82. The molecule has 0 unspecified atom stereocenters. The van der Waals surface area contributed by atoms with Crippen molar-refractivity contribution in [1.82, 2.24) is 4.98 Å². The third-order valence-corrected chi connectivity index (χ3v) is 6.22. The van der Waals surface area contributed by atoms with Gasteiger partial charge in [0.25, 0.3) is 0 Å². The van der Waals surface area contributed by atoms with Crippen molar-refractivity contribution in [3.05, 3.63) is 44.4 Å². The number of aliphatic carboxylic acids is 1. The number of ether oxygens (including phenoxy) is 1. The van der Waals surface area contributed by atoms with Crippen LogP contribution in [0.2, 0.25) is 0 Å². The highest BCUT2D eigenvalue weighted by molar-refractivity contribution is 8.00. The number of esters is 1. The first kappa shape index (κ1) is 13.6. The second-order valence-corrected chi connectivity index (χ2v) is 7.19. The molecule has 3 heterocycles. The molecule has 4 rings (SSSR count). The SMILES string of the molecule is O=C1Oc2ccccc2[C@H]2c3sc(=O)[nH]c3S[C@@H](C(=O)[O-])[C@H]12. The molecule has 2 aromatic rings. The predicted molar refractivity (Wildman–Crippen MR) is 77.0 cm³/mol. The first-order valence-corrected chi connectivity index (χ1v) is 8.17. The molecule has 1 N–H and O–H groups in total. The lowest BCUT2D eigenvalue weighted by Crippen LogP contribution is -2.48. The molecule has 0 saturated carbocycles. The summed E-state index contributed by atoms with van der Waals surface area (Å²) >= 11 is 1.94. The summed E-state index contributed by atoms with van der Waals surface area (Å²) in [6, 6.07) is 6.98. The largest absolute Gasteiger partial charge is 0.549 e. The first-order valence-electron chi connectivity index (χ1n) is 6.47. The fraction of sp³-hybridized carbons (Fsp3) is 0.214. The molecule has 2 aliphatic heterocycles. The van der Waals surface area contributed by atoms with Gasteiger partial charge in [-0.15, -0.1) is 0 Å². The van der Waals surface area contributed by atoms with Crippen LogP contribution in [-0.4, -0.2) is 22.2 Å². The molecular formula is C14H8NO5S2-. The number of thioether (sulfide) groups is 1. The number of hydrogen-bond acceptors (Lipinski definition) is 7. The fourth-order valence-corrected chi connectivity index (χ4v) is 5.34. The Morgan fingerprint density at radius 2 is 2.05 bits per heavy atom. The lowest BCUT2D eigenvalue weighted by Gasteiger charge is -2.39. The Kier molecular flexibility index (Phi) is 2.92. The third kappa shape index (κ3) is 1.84. The van der Waals surface area contributed by atoms with Crippen molar-refractivity contribution in [1.29, 1.82) is 0 Å². The number of carboxylic acids is 1. The molecule has 0 amide bonds. The van der Waals surface area contributed by atoms with Crippen LogP contribution in [-0.2, 0) is 9.59 Å². The summed E-state index contributed by atoms with van der Waals surface area (Å²) in [5, 5.41) is 10.9. The van der Waals surface area contributed by atoms with Gasteiger partial charge in [0.2, 0.25) is 0 Å². The second kappa shape index (κ2) is 4.72. The second-order valence-electron chi connectivity index (χ2n) is 5.03.